The number of nitrogens with zero attached hydrogens (tertiary/aromatic N) is 2. The van der Waals surface area contributed by atoms with Gasteiger partial charge >= 0.3 is 17.3 Å². The highest BCUT2D eigenvalue weighted by Crippen LogP contribution is 2.15. The highest BCUT2D eigenvalue weighted by atomic mass is 19.4. The number of carbonyl (C=O) groups is 1. The maximum absolute atomic E-state index is 12.3. The quantitative estimate of drug-likeness (QED) is 0.831. The third-order valence-electron chi connectivity index (χ3n) is 3.41. The first kappa shape index (κ1) is 18.5. The van der Waals surface area contributed by atoms with Gasteiger partial charge in [0.15, 0.2) is 0 Å². The first-order valence-corrected chi connectivity index (χ1v) is 7.45. The molecule has 134 valence electrons. The van der Waals surface area contributed by atoms with Crippen LogP contribution in [0.4, 0.5) is 18.9 Å². The average molecular weight is 355 g/mol. The van der Waals surface area contributed by atoms with Crippen molar-refractivity contribution < 1.29 is 18.0 Å². The molecule has 1 aromatic carbocycles. The smallest absolute Gasteiger partial charge is 0.325 e. The number of benzene rings is 1. The number of alkyl halides is 3. The van der Waals surface area contributed by atoms with Gasteiger partial charge in [0.2, 0.25) is 5.91 Å². The van der Waals surface area contributed by atoms with E-state index in [1.807, 2.05) is 13.0 Å². The molecular formula is C16H16F3N3O3. The van der Waals surface area contributed by atoms with E-state index in [1.54, 1.807) is 18.2 Å². The summed E-state index contributed by atoms with van der Waals surface area (Å²) in [5.74, 6) is -0.566. The molecule has 0 aliphatic heterocycles. The number of carbonyl (C=O) groups excluding carboxylic acids is 1. The average Bonchev–Trinajstić information content (AvgIpc) is 2.53. The fraction of sp³-hybridized carbons (Fsp3) is 0.312. The molecule has 0 radical (unpaired) electrons. The van der Waals surface area contributed by atoms with Crippen molar-refractivity contribution in [1.29, 1.82) is 0 Å². The lowest BCUT2D eigenvalue weighted by Gasteiger charge is -2.11. The molecule has 0 aliphatic rings. The van der Waals surface area contributed by atoms with Crippen molar-refractivity contribution in [3.8, 4) is 0 Å². The lowest BCUT2D eigenvalue weighted by Crippen LogP contribution is -2.43. The number of nitrogens with one attached hydrogen (secondary N) is 1. The van der Waals surface area contributed by atoms with E-state index in [4.69, 9.17) is 0 Å². The van der Waals surface area contributed by atoms with Crippen LogP contribution in [-0.2, 0) is 24.3 Å². The molecule has 0 aliphatic carbocycles. The first-order valence-electron chi connectivity index (χ1n) is 7.45. The second kappa shape index (κ2) is 7.37. The predicted molar refractivity (Wildman–Crippen MR) is 85.5 cm³/mol. The fourth-order valence-corrected chi connectivity index (χ4v) is 2.21. The summed E-state index contributed by atoms with van der Waals surface area (Å²) in [5, 5.41) is 2.58. The Labute approximate surface area is 140 Å². The van der Waals surface area contributed by atoms with E-state index in [9.17, 15) is 27.6 Å². The number of aryl methyl sites for hydroxylation is 1. The molecule has 6 nitrogen and oxygen atoms in total. The van der Waals surface area contributed by atoms with Crippen LogP contribution in [-0.4, -0.2) is 21.2 Å². The Balaban J connectivity index is 2.14. The molecule has 1 heterocycles. The zero-order chi connectivity index (χ0) is 18.6. The van der Waals surface area contributed by atoms with E-state index >= 15 is 0 Å². The van der Waals surface area contributed by atoms with Crippen molar-refractivity contribution in [1.82, 2.24) is 9.13 Å². The van der Waals surface area contributed by atoms with E-state index in [0.29, 0.717) is 5.69 Å². The molecule has 25 heavy (non-hydrogen) atoms. The van der Waals surface area contributed by atoms with Gasteiger partial charge in [-0.05, 0) is 24.1 Å². The van der Waals surface area contributed by atoms with Crippen LogP contribution in [0.5, 0.6) is 0 Å². The van der Waals surface area contributed by atoms with E-state index < -0.39 is 36.3 Å². The molecule has 1 amide bonds. The summed E-state index contributed by atoms with van der Waals surface area (Å²) in [6, 6.07) is 7.09. The van der Waals surface area contributed by atoms with Gasteiger partial charge in [0.25, 0.3) is 0 Å². The van der Waals surface area contributed by atoms with E-state index in [1.165, 1.54) is 0 Å². The van der Waals surface area contributed by atoms with Gasteiger partial charge in [0.1, 0.15) is 13.1 Å². The van der Waals surface area contributed by atoms with E-state index in [-0.39, 0.29) is 4.57 Å². The number of halogens is 3. The molecule has 1 aromatic heterocycles. The number of aromatic nitrogens is 2. The van der Waals surface area contributed by atoms with E-state index in [0.717, 1.165) is 28.9 Å². The Morgan fingerprint density at radius 1 is 1.12 bits per heavy atom. The minimum absolute atomic E-state index is 0.265. The maximum Gasteiger partial charge on any atom is 0.406 e. The zero-order valence-electron chi connectivity index (χ0n) is 13.3. The number of hydrogen-bond donors (Lipinski definition) is 1. The van der Waals surface area contributed by atoms with E-state index in [2.05, 4.69) is 5.32 Å². The van der Waals surface area contributed by atoms with Gasteiger partial charge in [0.05, 0.1) is 0 Å². The molecular weight excluding hydrogens is 339 g/mol. The molecule has 0 saturated carbocycles. The van der Waals surface area contributed by atoms with Crippen LogP contribution in [0.2, 0.25) is 0 Å². The van der Waals surface area contributed by atoms with Gasteiger partial charge in [0, 0.05) is 18.1 Å². The van der Waals surface area contributed by atoms with Crippen LogP contribution in [0.1, 0.15) is 12.5 Å². The molecule has 0 bridgehead atoms. The van der Waals surface area contributed by atoms with Gasteiger partial charge in [-0.15, -0.1) is 0 Å². The van der Waals surface area contributed by atoms with Crippen molar-refractivity contribution in [2.45, 2.75) is 32.6 Å². The molecule has 0 fully saturated rings. The highest BCUT2D eigenvalue weighted by molar-refractivity contribution is 5.90. The van der Waals surface area contributed by atoms with Crippen molar-refractivity contribution in [2.75, 3.05) is 5.32 Å². The molecule has 2 aromatic rings. The third-order valence-corrected chi connectivity index (χ3v) is 3.41. The summed E-state index contributed by atoms with van der Waals surface area (Å²) >= 11 is 0. The largest absolute Gasteiger partial charge is 0.406 e. The predicted octanol–water partition coefficient (Wildman–Crippen LogP) is 1.77. The monoisotopic (exact) mass is 355 g/mol. The normalized spacial score (nSPS) is 11.4. The summed E-state index contributed by atoms with van der Waals surface area (Å²) in [6.07, 6.45) is -2.02. The third kappa shape index (κ3) is 5.07. The minimum atomic E-state index is -4.62. The number of amides is 1. The SMILES string of the molecule is CCc1cccc(NC(=O)Cn2ccn(CC(F)(F)F)c(=O)c2=O)c1. The summed E-state index contributed by atoms with van der Waals surface area (Å²) < 4.78 is 38.0. The Hall–Kier alpha value is -2.84. The Morgan fingerprint density at radius 2 is 1.76 bits per heavy atom. The molecule has 0 saturated heterocycles. The van der Waals surface area contributed by atoms with Gasteiger partial charge < -0.3 is 9.88 Å². The summed E-state index contributed by atoms with van der Waals surface area (Å²) in [4.78, 5) is 35.5. The van der Waals surface area contributed by atoms with Crippen LogP contribution in [0, 0.1) is 0 Å². The lowest BCUT2D eigenvalue weighted by atomic mass is 10.1. The van der Waals surface area contributed by atoms with Crippen LogP contribution in [0.25, 0.3) is 0 Å². The molecule has 2 rings (SSSR count). The minimum Gasteiger partial charge on any atom is -0.325 e. The molecule has 0 unspecified atom stereocenters. The maximum atomic E-state index is 12.3. The van der Waals surface area contributed by atoms with Crippen molar-refractivity contribution >= 4 is 11.6 Å². The summed E-state index contributed by atoms with van der Waals surface area (Å²) in [5.41, 5.74) is -0.989. The summed E-state index contributed by atoms with van der Waals surface area (Å²) in [6.45, 7) is -0.0777. The number of hydrogen-bond acceptors (Lipinski definition) is 3. The van der Waals surface area contributed by atoms with Crippen molar-refractivity contribution in [3.63, 3.8) is 0 Å². The highest BCUT2D eigenvalue weighted by Gasteiger charge is 2.28. The summed E-state index contributed by atoms with van der Waals surface area (Å²) in [7, 11) is 0. The van der Waals surface area contributed by atoms with Gasteiger partial charge in [-0.3, -0.25) is 19.0 Å². The van der Waals surface area contributed by atoms with Gasteiger partial charge in [-0.2, -0.15) is 13.2 Å². The topological polar surface area (TPSA) is 73.1 Å². The number of rotatable bonds is 5. The fourth-order valence-electron chi connectivity index (χ4n) is 2.21. The number of anilines is 1. The van der Waals surface area contributed by atoms with Crippen molar-refractivity contribution in [3.05, 3.63) is 62.9 Å². The standard InChI is InChI=1S/C16H16F3N3O3/c1-2-11-4-3-5-12(8-11)20-13(23)9-21-6-7-22(10-16(17,18)19)15(25)14(21)24/h3-8H,2,9-10H2,1H3,(H,20,23). The molecule has 0 spiro atoms. The van der Waals surface area contributed by atoms with Crippen LogP contribution in [0.15, 0.2) is 46.2 Å². The van der Waals surface area contributed by atoms with Crippen LogP contribution < -0.4 is 16.4 Å². The molecule has 0 atom stereocenters. The Kier molecular flexibility index (Phi) is 5.45. The van der Waals surface area contributed by atoms with Crippen molar-refractivity contribution in [2.24, 2.45) is 0 Å². The second-order valence-electron chi connectivity index (χ2n) is 5.38. The Morgan fingerprint density at radius 3 is 2.40 bits per heavy atom. The van der Waals surface area contributed by atoms with Crippen LogP contribution in [0.3, 0.4) is 0 Å². The molecule has 1 N–H and O–H groups in total. The molecule has 9 heteroatoms. The van der Waals surface area contributed by atoms with Gasteiger partial charge in [-0.1, -0.05) is 19.1 Å². The second-order valence-corrected chi connectivity index (χ2v) is 5.38. The van der Waals surface area contributed by atoms with Gasteiger partial charge in [-0.25, -0.2) is 0 Å². The first-order chi connectivity index (χ1) is 11.7. The Bertz CT molecular complexity index is 884. The van der Waals surface area contributed by atoms with Crippen LogP contribution >= 0.6 is 0 Å². The lowest BCUT2D eigenvalue weighted by molar-refractivity contribution is -0.141. The zero-order valence-corrected chi connectivity index (χ0v) is 13.3.